The lowest BCUT2D eigenvalue weighted by atomic mass is 9.93. The van der Waals surface area contributed by atoms with Gasteiger partial charge in [-0.1, -0.05) is 0 Å². The molecular formula is C12H21NO4. The standard InChI is InChI=1S/C12H21NO4/c1-11(2,3)17-10(15)13-7-5-12(9-14,16-4)6-8-13/h9H,5-8H2,1-4H3. The summed E-state index contributed by atoms with van der Waals surface area (Å²) in [6.07, 6.45) is 1.55. The van der Waals surface area contributed by atoms with Crippen molar-refractivity contribution in [3.05, 3.63) is 0 Å². The van der Waals surface area contributed by atoms with Gasteiger partial charge in [0.25, 0.3) is 0 Å². The molecule has 1 saturated heterocycles. The zero-order valence-electron chi connectivity index (χ0n) is 11.0. The minimum Gasteiger partial charge on any atom is -0.444 e. The van der Waals surface area contributed by atoms with E-state index in [1.807, 2.05) is 20.8 Å². The SMILES string of the molecule is COC1(C=O)CCN(C(=O)OC(C)(C)C)CC1. The molecule has 1 fully saturated rings. The van der Waals surface area contributed by atoms with Gasteiger partial charge in [-0.25, -0.2) is 4.79 Å². The van der Waals surface area contributed by atoms with E-state index in [2.05, 4.69) is 0 Å². The molecule has 98 valence electrons. The molecule has 0 atom stereocenters. The number of ether oxygens (including phenoxy) is 2. The van der Waals surface area contributed by atoms with E-state index in [1.54, 1.807) is 4.90 Å². The Hall–Kier alpha value is -1.10. The summed E-state index contributed by atoms with van der Waals surface area (Å²) < 4.78 is 10.5. The molecule has 0 saturated carbocycles. The van der Waals surface area contributed by atoms with Crippen LogP contribution in [0.3, 0.4) is 0 Å². The highest BCUT2D eigenvalue weighted by Crippen LogP contribution is 2.24. The van der Waals surface area contributed by atoms with Crippen molar-refractivity contribution in [2.24, 2.45) is 0 Å². The van der Waals surface area contributed by atoms with Gasteiger partial charge in [-0.15, -0.1) is 0 Å². The third-order valence-electron chi connectivity index (χ3n) is 2.88. The van der Waals surface area contributed by atoms with E-state index in [0.29, 0.717) is 25.9 Å². The molecule has 5 nitrogen and oxygen atoms in total. The topological polar surface area (TPSA) is 55.8 Å². The maximum Gasteiger partial charge on any atom is 0.410 e. The molecule has 1 rings (SSSR count). The van der Waals surface area contributed by atoms with E-state index in [4.69, 9.17) is 9.47 Å². The van der Waals surface area contributed by atoms with Crippen LogP contribution in [0.25, 0.3) is 0 Å². The molecule has 0 radical (unpaired) electrons. The zero-order chi connectivity index (χ0) is 13.1. The largest absolute Gasteiger partial charge is 0.444 e. The van der Waals surface area contributed by atoms with Crippen molar-refractivity contribution in [2.75, 3.05) is 20.2 Å². The summed E-state index contributed by atoms with van der Waals surface area (Å²) in [5.41, 5.74) is -1.21. The van der Waals surface area contributed by atoms with Gasteiger partial charge >= 0.3 is 6.09 Å². The maximum atomic E-state index is 11.8. The maximum absolute atomic E-state index is 11.8. The van der Waals surface area contributed by atoms with Crippen LogP contribution in [-0.4, -0.2) is 48.7 Å². The second-order valence-electron chi connectivity index (χ2n) is 5.35. The predicted molar refractivity (Wildman–Crippen MR) is 62.8 cm³/mol. The highest BCUT2D eigenvalue weighted by atomic mass is 16.6. The quantitative estimate of drug-likeness (QED) is 0.691. The number of hydrogen-bond donors (Lipinski definition) is 0. The van der Waals surface area contributed by atoms with Crippen molar-refractivity contribution in [1.29, 1.82) is 0 Å². The molecule has 0 aromatic heterocycles. The Kier molecular flexibility index (Phi) is 4.14. The van der Waals surface area contributed by atoms with Crippen LogP contribution in [0.5, 0.6) is 0 Å². The molecule has 1 aliphatic heterocycles. The number of nitrogens with zero attached hydrogens (tertiary/aromatic N) is 1. The highest BCUT2D eigenvalue weighted by Gasteiger charge is 2.36. The van der Waals surface area contributed by atoms with Crippen molar-refractivity contribution in [3.8, 4) is 0 Å². The highest BCUT2D eigenvalue weighted by molar-refractivity contribution is 5.69. The lowest BCUT2D eigenvalue weighted by Crippen LogP contribution is -2.49. The van der Waals surface area contributed by atoms with Crippen LogP contribution in [0, 0.1) is 0 Å². The van der Waals surface area contributed by atoms with E-state index < -0.39 is 11.2 Å². The lowest BCUT2D eigenvalue weighted by Gasteiger charge is -2.37. The first-order chi connectivity index (χ1) is 7.82. The molecular weight excluding hydrogens is 222 g/mol. The summed E-state index contributed by atoms with van der Waals surface area (Å²) in [7, 11) is 1.53. The number of carbonyl (C=O) groups excluding carboxylic acids is 2. The fourth-order valence-electron chi connectivity index (χ4n) is 1.76. The van der Waals surface area contributed by atoms with E-state index in [1.165, 1.54) is 7.11 Å². The van der Waals surface area contributed by atoms with Crippen LogP contribution < -0.4 is 0 Å². The van der Waals surface area contributed by atoms with Crippen molar-refractivity contribution in [3.63, 3.8) is 0 Å². The number of aldehydes is 1. The Morgan fingerprint density at radius 1 is 1.29 bits per heavy atom. The first kappa shape index (κ1) is 14.0. The minimum absolute atomic E-state index is 0.326. The molecule has 1 aliphatic rings. The van der Waals surface area contributed by atoms with Gasteiger partial charge in [0.1, 0.15) is 11.2 Å². The molecule has 1 amide bonds. The molecule has 17 heavy (non-hydrogen) atoms. The number of methoxy groups -OCH3 is 1. The van der Waals surface area contributed by atoms with Gasteiger partial charge in [-0.3, -0.25) is 0 Å². The van der Waals surface area contributed by atoms with Gasteiger partial charge in [-0.2, -0.15) is 0 Å². The summed E-state index contributed by atoms with van der Waals surface area (Å²) in [4.78, 5) is 24.4. The van der Waals surface area contributed by atoms with Crippen LogP contribution in [0.2, 0.25) is 0 Å². The minimum atomic E-state index is -0.724. The van der Waals surface area contributed by atoms with Gasteiger partial charge in [0.2, 0.25) is 0 Å². The molecule has 0 unspecified atom stereocenters. The number of amides is 1. The molecule has 0 aliphatic carbocycles. The Balaban J connectivity index is 2.52. The van der Waals surface area contributed by atoms with E-state index in [-0.39, 0.29) is 6.09 Å². The number of carbonyl (C=O) groups is 2. The normalized spacial score (nSPS) is 19.9. The Morgan fingerprint density at radius 3 is 2.18 bits per heavy atom. The Labute approximate surface area is 102 Å². The third-order valence-corrected chi connectivity index (χ3v) is 2.88. The van der Waals surface area contributed by atoms with Crippen molar-refractivity contribution in [1.82, 2.24) is 4.90 Å². The van der Waals surface area contributed by atoms with Crippen LogP contribution >= 0.6 is 0 Å². The average molecular weight is 243 g/mol. The molecule has 0 aromatic rings. The third kappa shape index (κ3) is 3.70. The number of likely N-dealkylation sites (tertiary alicyclic amines) is 1. The second kappa shape index (κ2) is 5.04. The van der Waals surface area contributed by atoms with E-state index >= 15 is 0 Å². The number of rotatable bonds is 2. The lowest BCUT2D eigenvalue weighted by molar-refractivity contribution is -0.133. The smallest absolute Gasteiger partial charge is 0.410 e. The predicted octanol–water partition coefficient (Wildman–Crippen LogP) is 1.60. The van der Waals surface area contributed by atoms with Crippen LogP contribution in [0.4, 0.5) is 4.79 Å². The zero-order valence-corrected chi connectivity index (χ0v) is 11.0. The van der Waals surface area contributed by atoms with Gasteiger partial charge in [-0.05, 0) is 20.8 Å². The summed E-state index contributed by atoms with van der Waals surface area (Å²) in [5.74, 6) is 0. The number of piperidine rings is 1. The summed E-state index contributed by atoms with van der Waals surface area (Å²) in [6.45, 7) is 6.47. The van der Waals surface area contributed by atoms with Gasteiger partial charge < -0.3 is 19.2 Å². The second-order valence-corrected chi connectivity index (χ2v) is 5.35. The van der Waals surface area contributed by atoms with Crippen molar-refractivity contribution < 1.29 is 19.1 Å². The summed E-state index contributed by atoms with van der Waals surface area (Å²) in [6, 6.07) is 0. The Morgan fingerprint density at radius 2 is 1.82 bits per heavy atom. The first-order valence-corrected chi connectivity index (χ1v) is 5.81. The van der Waals surface area contributed by atoms with Crippen molar-refractivity contribution in [2.45, 2.75) is 44.8 Å². The Bertz CT molecular complexity index is 287. The molecule has 0 aromatic carbocycles. The van der Waals surface area contributed by atoms with Crippen molar-refractivity contribution >= 4 is 12.4 Å². The fourth-order valence-corrected chi connectivity index (χ4v) is 1.76. The van der Waals surface area contributed by atoms with Gasteiger partial charge in [0.05, 0.1) is 0 Å². The van der Waals surface area contributed by atoms with Crippen LogP contribution in [0.1, 0.15) is 33.6 Å². The summed E-state index contributed by atoms with van der Waals surface area (Å²) >= 11 is 0. The van der Waals surface area contributed by atoms with E-state index in [0.717, 1.165) is 6.29 Å². The first-order valence-electron chi connectivity index (χ1n) is 5.81. The molecule has 0 N–H and O–H groups in total. The number of hydrogen-bond acceptors (Lipinski definition) is 4. The monoisotopic (exact) mass is 243 g/mol. The van der Waals surface area contributed by atoms with Crippen LogP contribution in [0.15, 0.2) is 0 Å². The molecule has 0 bridgehead atoms. The van der Waals surface area contributed by atoms with Crippen LogP contribution in [-0.2, 0) is 14.3 Å². The molecule has 0 spiro atoms. The molecule has 1 heterocycles. The molecule has 5 heteroatoms. The summed E-state index contributed by atoms with van der Waals surface area (Å²) in [5, 5.41) is 0. The van der Waals surface area contributed by atoms with E-state index in [9.17, 15) is 9.59 Å². The fraction of sp³-hybridized carbons (Fsp3) is 0.833. The average Bonchev–Trinajstić information content (AvgIpc) is 2.27. The van der Waals surface area contributed by atoms with Gasteiger partial charge in [0.15, 0.2) is 6.29 Å². The van der Waals surface area contributed by atoms with Gasteiger partial charge in [0, 0.05) is 33.0 Å².